The van der Waals surface area contributed by atoms with Crippen LogP contribution in [0.4, 0.5) is 0 Å². The van der Waals surface area contributed by atoms with Crippen LogP contribution >= 0.6 is 11.3 Å². The standard InChI is InChI=1S/C11H13NO5S2/c13-11-8-6-18-7-9(8)19(14,15)12(11)3-1-2-10-16-4-5-17-10/h6-7,10H,1-5H2. The smallest absolute Gasteiger partial charge is 0.269 e. The van der Waals surface area contributed by atoms with Gasteiger partial charge in [0.25, 0.3) is 15.9 Å². The Balaban J connectivity index is 1.65. The van der Waals surface area contributed by atoms with E-state index in [1.165, 1.54) is 16.7 Å². The van der Waals surface area contributed by atoms with Crippen LogP contribution in [0.25, 0.3) is 0 Å². The molecule has 0 radical (unpaired) electrons. The number of sulfonamides is 1. The molecule has 104 valence electrons. The topological polar surface area (TPSA) is 72.9 Å². The molecule has 0 unspecified atom stereocenters. The first-order valence-electron chi connectivity index (χ1n) is 5.97. The van der Waals surface area contributed by atoms with E-state index in [1.54, 1.807) is 5.38 Å². The van der Waals surface area contributed by atoms with Crippen molar-refractivity contribution < 1.29 is 22.7 Å². The van der Waals surface area contributed by atoms with Gasteiger partial charge in [-0.1, -0.05) is 0 Å². The lowest BCUT2D eigenvalue weighted by molar-refractivity contribution is -0.0480. The summed E-state index contributed by atoms with van der Waals surface area (Å²) >= 11 is 1.23. The summed E-state index contributed by atoms with van der Waals surface area (Å²) in [5, 5.41) is 3.09. The Labute approximate surface area is 115 Å². The molecule has 0 saturated carbocycles. The molecule has 0 aliphatic carbocycles. The van der Waals surface area contributed by atoms with E-state index in [0.717, 1.165) is 4.31 Å². The first-order chi connectivity index (χ1) is 9.10. The van der Waals surface area contributed by atoms with Gasteiger partial charge < -0.3 is 9.47 Å². The number of carbonyl (C=O) groups is 1. The van der Waals surface area contributed by atoms with Crippen LogP contribution in [-0.4, -0.2) is 44.7 Å². The lowest BCUT2D eigenvalue weighted by Gasteiger charge is -2.16. The molecule has 3 rings (SSSR count). The van der Waals surface area contributed by atoms with E-state index >= 15 is 0 Å². The molecule has 2 aliphatic rings. The van der Waals surface area contributed by atoms with Crippen molar-refractivity contribution in [2.75, 3.05) is 19.8 Å². The molecule has 19 heavy (non-hydrogen) atoms. The van der Waals surface area contributed by atoms with Crippen molar-refractivity contribution in [1.82, 2.24) is 4.31 Å². The maximum Gasteiger partial charge on any atom is 0.269 e. The van der Waals surface area contributed by atoms with Gasteiger partial charge in [-0.05, 0) is 6.42 Å². The van der Waals surface area contributed by atoms with Gasteiger partial charge in [0.05, 0.1) is 18.8 Å². The molecule has 0 atom stereocenters. The van der Waals surface area contributed by atoms with Gasteiger partial charge in [0, 0.05) is 23.7 Å². The summed E-state index contributed by atoms with van der Waals surface area (Å²) in [5.41, 5.74) is 0.290. The van der Waals surface area contributed by atoms with Crippen molar-refractivity contribution in [1.29, 1.82) is 0 Å². The number of rotatable bonds is 4. The molecule has 1 saturated heterocycles. The Morgan fingerprint density at radius 1 is 1.32 bits per heavy atom. The summed E-state index contributed by atoms with van der Waals surface area (Å²) in [6.45, 7) is 1.31. The second kappa shape index (κ2) is 4.86. The van der Waals surface area contributed by atoms with Crippen LogP contribution in [0.5, 0.6) is 0 Å². The highest BCUT2D eigenvalue weighted by molar-refractivity contribution is 7.90. The van der Waals surface area contributed by atoms with E-state index in [2.05, 4.69) is 0 Å². The minimum Gasteiger partial charge on any atom is -0.350 e. The molecule has 0 bridgehead atoms. The van der Waals surface area contributed by atoms with Crippen LogP contribution in [0.2, 0.25) is 0 Å². The molecule has 6 nitrogen and oxygen atoms in total. The van der Waals surface area contributed by atoms with Gasteiger partial charge in [-0.2, -0.15) is 11.3 Å². The van der Waals surface area contributed by atoms with E-state index in [-0.39, 0.29) is 17.7 Å². The molecule has 0 aromatic carbocycles. The largest absolute Gasteiger partial charge is 0.350 e. The van der Waals surface area contributed by atoms with Crippen LogP contribution in [-0.2, 0) is 19.5 Å². The molecule has 1 aromatic rings. The van der Waals surface area contributed by atoms with Crippen LogP contribution in [0, 0.1) is 0 Å². The zero-order valence-corrected chi connectivity index (χ0v) is 11.7. The Kier molecular flexibility index (Phi) is 3.34. The summed E-state index contributed by atoms with van der Waals surface area (Å²) < 4.78 is 35.7. The normalized spacial score (nSPS) is 22.1. The number of ether oxygens (including phenoxy) is 2. The Bertz CT molecular complexity index is 588. The van der Waals surface area contributed by atoms with Gasteiger partial charge in [-0.25, -0.2) is 12.7 Å². The Morgan fingerprint density at radius 3 is 2.74 bits per heavy atom. The Morgan fingerprint density at radius 2 is 2.05 bits per heavy atom. The minimum atomic E-state index is -3.64. The zero-order valence-electron chi connectivity index (χ0n) is 10.1. The number of carbonyl (C=O) groups excluding carboxylic acids is 1. The molecule has 8 heteroatoms. The zero-order chi connectivity index (χ0) is 13.5. The number of amides is 1. The van der Waals surface area contributed by atoms with Crippen LogP contribution in [0.15, 0.2) is 15.7 Å². The molecular weight excluding hydrogens is 290 g/mol. The van der Waals surface area contributed by atoms with Crippen LogP contribution < -0.4 is 0 Å². The van der Waals surface area contributed by atoms with Crippen LogP contribution in [0.1, 0.15) is 23.2 Å². The molecule has 1 aromatic heterocycles. The quantitative estimate of drug-likeness (QED) is 0.831. The van der Waals surface area contributed by atoms with Crippen molar-refractivity contribution in [3.05, 3.63) is 16.3 Å². The molecule has 1 amide bonds. The first kappa shape index (κ1) is 13.0. The third-order valence-electron chi connectivity index (χ3n) is 3.14. The molecule has 1 fully saturated rings. The number of nitrogens with zero attached hydrogens (tertiary/aromatic N) is 1. The summed E-state index contributed by atoms with van der Waals surface area (Å²) in [6.07, 6.45) is 0.851. The van der Waals surface area contributed by atoms with E-state index in [1.807, 2.05) is 0 Å². The highest BCUT2D eigenvalue weighted by Gasteiger charge is 2.41. The summed E-state index contributed by atoms with van der Waals surface area (Å²) in [5.74, 6) is -0.426. The van der Waals surface area contributed by atoms with Crippen molar-refractivity contribution >= 4 is 27.3 Å². The highest BCUT2D eigenvalue weighted by atomic mass is 32.2. The predicted molar refractivity (Wildman–Crippen MR) is 67.5 cm³/mol. The second-order valence-electron chi connectivity index (χ2n) is 4.35. The molecular formula is C11H13NO5S2. The van der Waals surface area contributed by atoms with E-state index in [9.17, 15) is 13.2 Å². The van der Waals surface area contributed by atoms with Crippen molar-refractivity contribution in [2.45, 2.75) is 24.0 Å². The van der Waals surface area contributed by atoms with E-state index < -0.39 is 15.9 Å². The molecule has 0 N–H and O–H groups in total. The van der Waals surface area contributed by atoms with E-state index in [4.69, 9.17) is 9.47 Å². The van der Waals surface area contributed by atoms with Gasteiger partial charge in [-0.15, -0.1) is 0 Å². The van der Waals surface area contributed by atoms with Crippen molar-refractivity contribution in [3.8, 4) is 0 Å². The lowest BCUT2D eigenvalue weighted by atomic mass is 10.3. The molecule has 0 spiro atoms. The fourth-order valence-electron chi connectivity index (χ4n) is 2.20. The summed E-state index contributed by atoms with van der Waals surface area (Å²) in [7, 11) is -3.64. The highest BCUT2D eigenvalue weighted by Crippen LogP contribution is 2.33. The van der Waals surface area contributed by atoms with Gasteiger partial charge in [0.2, 0.25) is 0 Å². The number of thiophene rings is 1. The minimum absolute atomic E-state index is 0.135. The maximum absolute atomic E-state index is 12.1. The SMILES string of the molecule is O=C1c2cscc2S(=O)(=O)N1CCCC1OCCO1. The van der Waals surface area contributed by atoms with E-state index in [0.29, 0.717) is 31.6 Å². The Hall–Kier alpha value is -0.960. The molecule has 3 heterocycles. The third kappa shape index (κ3) is 2.18. The number of hydrogen-bond donors (Lipinski definition) is 0. The average molecular weight is 303 g/mol. The maximum atomic E-state index is 12.1. The second-order valence-corrected chi connectivity index (χ2v) is 6.92. The van der Waals surface area contributed by atoms with Crippen molar-refractivity contribution in [3.63, 3.8) is 0 Å². The lowest BCUT2D eigenvalue weighted by Crippen LogP contribution is -2.31. The average Bonchev–Trinajstić information content (AvgIpc) is 3.06. The van der Waals surface area contributed by atoms with Gasteiger partial charge in [0.15, 0.2) is 6.29 Å². The number of fused-ring (bicyclic) bond motifs is 1. The third-order valence-corrected chi connectivity index (χ3v) is 5.86. The summed E-state index contributed by atoms with van der Waals surface area (Å²) in [4.78, 5) is 12.1. The van der Waals surface area contributed by atoms with Gasteiger partial charge >= 0.3 is 0 Å². The van der Waals surface area contributed by atoms with Crippen LogP contribution in [0.3, 0.4) is 0 Å². The predicted octanol–water partition coefficient (Wildman–Crippen LogP) is 1.05. The summed E-state index contributed by atoms with van der Waals surface area (Å²) in [6, 6.07) is 0. The first-order valence-corrected chi connectivity index (χ1v) is 8.35. The van der Waals surface area contributed by atoms with Crippen molar-refractivity contribution in [2.24, 2.45) is 0 Å². The number of hydrogen-bond acceptors (Lipinski definition) is 6. The fraction of sp³-hybridized carbons (Fsp3) is 0.545. The molecule has 2 aliphatic heterocycles. The van der Waals surface area contributed by atoms with Gasteiger partial charge in [-0.3, -0.25) is 4.79 Å². The monoisotopic (exact) mass is 303 g/mol. The fourth-order valence-corrected chi connectivity index (χ4v) is 4.96. The van der Waals surface area contributed by atoms with Gasteiger partial charge in [0.1, 0.15) is 4.90 Å².